The molecule has 0 radical (unpaired) electrons. The molecule has 1 aliphatic heterocycles. The first-order valence-electron chi connectivity index (χ1n) is 6.86. The number of rotatable bonds is 3. The van der Waals surface area contributed by atoms with E-state index in [-0.39, 0.29) is 18.8 Å². The highest BCUT2D eigenvalue weighted by Crippen LogP contribution is 2.22. The molecule has 5 heteroatoms. The van der Waals surface area contributed by atoms with E-state index >= 15 is 0 Å². The van der Waals surface area contributed by atoms with Crippen LogP contribution in [0.5, 0.6) is 0 Å². The van der Waals surface area contributed by atoms with Crippen molar-refractivity contribution in [2.75, 3.05) is 24.7 Å². The van der Waals surface area contributed by atoms with E-state index in [0.29, 0.717) is 19.1 Å². The lowest BCUT2D eigenvalue weighted by Gasteiger charge is -2.38. The smallest absolute Gasteiger partial charge is 0.133 e. The van der Waals surface area contributed by atoms with Crippen molar-refractivity contribution in [2.45, 2.75) is 45.8 Å². The van der Waals surface area contributed by atoms with Crippen LogP contribution in [0.25, 0.3) is 0 Å². The Hall–Kier alpha value is -1.20. The molecule has 0 aromatic carbocycles. The number of aryl methyl sites for hydroxylation is 1. The maximum absolute atomic E-state index is 9.25. The Balaban J connectivity index is 2.28. The maximum Gasteiger partial charge on any atom is 0.133 e. The average molecular weight is 265 g/mol. The lowest BCUT2D eigenvalue weighted by molar-refractivity contribution is -0.0106. The van der Waals surface area contributed by atoms with E-state index in [9.17, 15) is 5.11 Å². The number of aliphatic hydroxyl groups is 1. The van der Waals surface area contributed by atoms with Gasteiger partial charge in [0.15, 0.2) is 0 Å². The van der Waals surface area contributed by atoms with Crippen molar-refractivity contribution in [2.24, 2.45) is 0 Å². The van der Waals surface area contributed by atoms with Gasteiger partial charge in [0.05, 0.1) is 25.4 Å². The molecular weight excluding hydrogens is 242 g/mol. The minimum Gasteiger partial charge on any atom is -0.394 e. The van der Waals surface area contributed by atoms with E-state index in [1.54, 1.807) is 0 Å². The summed E-state index contributed by atoms with van der Waals surface area (Å²) in [6.45, 7) is 9.63. The first-order valence-corrected chi connectivity index (χ1v) is 6.86. The van der Waals surface area contributed by atoms with Crippen LogP contribution in [0.2, 0.25) is 0 Å². The summed E-state index contributed by atoms with van der Waals surface area (Å²) in [5.74, 6) is 2.11. The molecule has 1 saturated heterocycles. The lowest BCUT2D eigenvalue weighted by atomic mass is 10.1. The molecule has 19 heavy (non-hydrogen) atoms. The molecule has 0 aliphatic carbocycles. The molecule has 106 valence electrons. The summed E-state index contributed by atoms with van der Waals surface area (Å²) in [5, 5.41) is 9.25. The minimum atomic E-state index is -0.131. The number of hydrogen-bond donors (Lipinski definition) is 1. The van der Waals surface area contributed by atoms with Gasteiger partial charge in [-0.2, -0.15) is 0 Å². The van der Waals surface area contributed by atoms with Crippen molar-refractivity contribution in [3.8, 4) is 0 Å². The van der Waals surface area contributed by atoms with Gasteiger partial charge in [0.25, 0.3) is 0 Å². The molecule has 2 unspecified atom stereocenters. The largest absolute Gasteiger partial charge is 0.394 e. The summed E-state index contributed by atoms with van der Waals surface area (Å²) < 4.78 is 5.56. The van der Waals surface area contributed by atoms with Gasteiger partial charge in [-0.25, -0.2) is 9.97 Å². The molecule has 2 rings (SSSR count). The highest BCUT2D eigenvalue weighted by molar-refractivity contribution is 5.42. The highest BCUT2D eigenvalue weighted by atomic mass is 16.5. The molecule has 1 aromatic rings. The number of morpholine rings is 1. The van der Waals surface area contributed by atoms with Gasteiger partial charge in [-0.3, -0.25) is 0 Å². The van der Waals surface area contributed by atoms with Gasteiger partial charge in [0.1, 0.15) is 11.6 Å². The van der Waals surface area contributed by atoms with Crippen molar-refractivity contribution >= 4 is 5.82 Å². The normalized spacial score (nSPS) is 24.0. The van der Waals surface area contributed by atoms with E-state index in [1.807, 2.05) is 13.0 Å². The number of aliphatic hydroxyl groups excluding tert-OH is 1. The van der Waals surface area contributed by atoms with Gasteiger partial charge < -0.3 is 14.7 Å². The molecule has 1 N–H and O–H groups in total. The summed E-state index contributed by atoms with van der Waals surface area (Å²) in [5.41, 5.74) is 0.980. The van der Waals surface area contributed by atoms with Gasteiger partial charge in [-0.1, -0.05) is 13.8 Å². The summed E-state index contributed by atoms with van der Waals surface area (Å²) in [4.78, 5) is 11.3. The van der Waals surface area contributed by atoms with Gasteiger partial charge >= 0.3 is 0 Å². The first-order chi connectivity index (χ1) is 9.01. The Kier molecular flexibility index (Phi) is 4.37. The van der Waals surface area contributed by atoms with Gasteiger partial charge in [0, 0.05) is 24.2 Å². The van der Waals surface area contributed by atoms with Crippen molar-refractivity contribution in [1.29, 1.82) is 0 Å². The standard InChI is InChI=1S/C14H23N3O2/c1-9(2)14-15-10(3)5-13(16-14)17-6-12(7-18)19-8-11(17)4/h5,9,11-12,18H,6-8H2,1-4H3. The fraction of sp³-hybridized carbons (Fsp3) is 0.714. The third kappa shape index (κ3) is 3.22. The molecule has 0 amide bonds. The molecule has 5 nitrogen and oxygen atoms in total. The predicted molar refractivity (Wildman–Crippen MR) is 74.5 cm³/mol. The zero-order chi connectivity index (χ0) is 14.0. The zero-order valence-electron chi connectivity index (χ0n) is 12.1. The minimum absolute atomic E-state index is 0.0460. The van der Waals surface area contributed by atoms with Crippen molar-refractivity contribution < 1.29 is 9.84 Å². The second kappa shape index (κ2) is 5.84. The van der Waals surface area contributed by atoms with Gasteiger partial charge in [-0.15, -0.1) is 0 Å². The monoisotopic (exact) mass is 265 g/mol. The molecule has 0 bridgehead atoms. The Morgan fingerprint density at radius 3 is 2.84 bits per heavy atom. The van der Waals surface area contributed by atoms with Crippen molar-refractivity contribution in [3.63, 3.8) is 0 Å². The Morgan fingerprint density at radius 1 is 1.47 bits per heavy atom. The molecule has 1 aromatic heterocycles. The SMILES string of the molecule is Cc1cc(N2CC(CO)OCC2C)nc(C(C)C)n1. The zero-order valence-corrected chi connectivity index (χ0v) is 12.1. The van der Waals surface area contributed by atoms with E-state index in [4.69, 9.17) is 4.74 Å². The summed E-state index contributed by atoms with van der Waals surface area (Å²) in [6, 6.07) is 2.26. The summed E-state index contributed by atoms with van der Waals surface area (Å²) >= 11 is 0. The molecule has 2 atom stereocenters. The fourth-order valence-corrected chi connectivity index (χ4v) is 2.23. The Labute approximate surface area is 114 Å². The molecular formula is C14H23N3O2. The van der Waals surface area contributed by atoms with Gasteiger partial charge in [-0.05, 0) is 13.8 Å². The molecule has 1 aliphatic rings. The van der Waals surface area contributed by atoms with E-state index < -0.39 is 0 Å². The average Bonchev–Trinajstić information content (AvgIpc) is 2.38. The van der Waals surface area contributed by atoms with Crippen LogP contribution in [-0.4, -0.2) is 47.0 Å². The van der Waals surface area contributed by atoms with Crippen LogP contribution in [0.3, 0.4) is 0 Å². The number of hydrogen-bond acceptors (Lipinski definition) is 5. The number of aromatic nitrogens is 2. The number of ether oxygens (including phenoxy) is 1. The molecule has 1 fully saturated rings. The van der Waals surface area contributed by atoms with E-state index in [1.165, 1.54) is 0 Å². The van der Waals surface area contributed by atoms with Crippen molar-refractivity contribution in [3.05, 3.63) is 17.6 Å². The van der Waals surface area contributed by atoms with Crippen LogP contribution in [0.4, 0.5) is 5.82 Å². The highest BCUT2D eigenvalue weighted by Gasteiger charge is 2.27. The fourth-order valence-electron chi connectivity index (χ4n) is 2.23. The van der Waals surface area contributed by atoms with Crippen LogP contribution in [-0.2, 0) is 4.74 Å². The van der Waals surface area contributed by atoms with Crippen LogP contribution >= 0.6 is 0 Å². The van der Waals surface area contributed by atoms with Crippen molar-refractivity contribution in [1.82, 2.24) is 9.97 Å². The first kappa shape index (κ1) is 14.2. The van der Waals surface area contributed by atoms with Crippen LogP contribution < -0.4 is 4.90 Å². The maximum atomic E-state index is 9.25. The lowest BCUT2D eigenvalue weighted by Crippen LogP contribution is -2.50. The van der Waals surface area contributed by atoms with Crippen LogP contribution in [0, 0.1) is 6.92 Å². The quantitative estimate of drug-likeness (QED) is 0.897. The third-order valence-electron chi connectivity index (χ3n) is 3.38. The third-order valence-corrected chi connectivity index (χ3v) is 3.38. The Morgan fingerprint density at radius 2 is 2.21 bits per heavy atom. The second-order valence-electron chi connectivity index (χ2n) is 5.52. The summed E-state index contributed by atoms with van der Waals surface area (Å²) in [6.07, 6.45) is -0.131. The molecule has 0 spiro atoms. The van der Waals surface area contributed by atoms with E-state index in [0.717, 1.165) is 17.3 Å². The number of nitrogens with zero attached hydrogens (tertiary/aromatic N) is 3. The summed E-state index contributed by atoms with van der Waals surface area (Å²) in [7, 11) is 0. The topological polar surface area (TPSA) is 58.5 Å². The molecule has 2 heterocycles. The van der Waals surface area contributed by atoms with Crippen LogP contribution in [0.1, 0.15) is 38.2 Å². The second-order valence-corrected chi connectivity index (χ2v) is 5.52. The Bertz CT molecular complexity index is 437. The molecule has 0 saturated carbocycles. The predicted octanol–water partition coefficient (Wildman–Crippen LogP) is 1.49. The van der Waals surface area contributed by atoms with Crippen LogP contribution in [0.15, 0.2) is 6.07 Å². The van der Waals surface area contributed by atoms with E-state index in [2.05, 4.69) is 35.6 Å². The number of anilines is 1. The van der Waals surface area contributed by atoms with Gasteiger partial charge in [0.2, 0.25) is 0 Å².